The van der Waals surface area contributed by atoms with E-state index in [1.165, 1.54) is 51.2 Å². The molecule has 0 saturated carbocycles. The van der Waals surface area contributed by atoms with Gasteiger partial charge in [0.05, 0.1) is 72.4 Å². The van der Waals surface area contributed by atoms with Crippen molar-refractivity contribution in [1.29, 1.82) is 0 Å². The molecule has 17 heteroatoms. The van der Waals surface area contributed by atoms with E-state index >= 15 is 4.79 Å². The third-order valence-corrected chi connectivity index (χ3v) is 20.5. The summed E-state index contributed by atoms with van der Waals surface area (Å²) >= 11 is 0. The fourth-order valence-electron chi connectivity index (χ4n) is 12.8. The minimum atomic E-state index is -1.87. The lowest BCUT2D eigenvalue weighted by Gasteiger charge is -2.51. The Balaban J connectivity index is 1.59. The van der Waals surface area contributed by atoms with Crippen LogP contribution in [-0.4, -0.2) is 188 Å². The number of nitrogens with one attached hydrogen (secondary N) is 1. The minimum absolute atomic E-state index is 0.181. The largest absolute Gasteiger partial charge is 0.459 e. The summed E-state index contributed by atoms with van der Waals surface area (Å²) in [5.74, 6) is -3.75. The summed E-state index contributed by atoms with van der Waals surface area (Å²) in [5, 5.41) is 41.6. The molecule has 0 bridgehead atoms. The highest BCUT2D eigenvalue weighted by molar-refractivity contribution is 7.81. The molecule has 0 radical (unpaired) electrons. The predicted octanol–water partition coefficient (Wildman–Crippen LogP) is 8.20. The van der Waals surface area contributed by atoms with Crippen molar-refractivity contribution in [2.75, 3.05) is 60.8 Å². The van der Waals surface area contributed by atoms with Crippen LogP contribution in [0.5, 0.6) is 0 Å². The van der Waals surface area contributed by atoms with Crippen molar-refractivity contribution in [3.63, 3.8) is 0 Å². The van der Waals surface area contributed by atoms with Crippen LogP contribution in [-0.2, 0) is 42.7 Å². The Labute approximate surface area is 459 Å². The second kappa shape index (κ2) is 29.3. The number of likely N-dealkylation sites (N-methyl/N-ethyl adjacent to an activating group) is 2. The normalized spacial score (nSPS) is 37.6. The number of benzene rings is 1. The summed E-state index contributed by atoms with van der Waals surface area (Å²) in [7, 11) is 6.16. The summed E-state index contributed by atoms with van der Waals surface area (Å²) < 4.78 is 44.9. The molecule has 18 atom stereocenters. The van der Waals surface area contributed by atoms with E-state index in [9.17, 15) is 24.9 Å². The number of cyclic esters (lactones) is 1. The molecule has 0 aromatic heterocycles. The maximum Gasteiger partial charge on any atom is 0.407 e. The van der Waals surface area contributed by atoms with E-state index in [4.69, 9.17) is 33.2 Å². The fraction of sp³-hybridized carbons (Fsp3) is 0.847. The summed E-state index contributed by atoms with van der Waals surface area (Å²) in [5.41, 5.74) is -4.54. The van der Waals surface area contributed by atoms with Gasteiger partial charge in [-0.2, -0.15) is 0 Å². The molecule has 16 nitrogen and oxygen atoms in total. The highest BCUT2D eigenvalue weighted by Crippen LogP contribution is 2.50. The SMILES string of the molecule is CC[C@H]1OC(=O)[C@H](C)[C@@H](C2C[C@@](C)(OC)[C@@H](O)[C@H](C)O2)[C@H](C)[C@@H](O[C@@H]2O[C@H](C)C[C@H](N(C)C)[C@H]2OC(C)=O)[C@](C)(O)C[C@@H](C)CN(C)[C@H](C)[C@@H](OC(=O)NCCCCCCCCCC[P+](C)(C)c2ccccc2)[C@]1(C)O. The van der Waals surface area contributed by atoms with Crippen LogP contribution < -0.4 is 10.6 Å². The molecule has 1 unspecified atom stereocenters. The maximum atomic E-state index is 15.0. The van der Waals surface area contributed by atoms with E-state index in [1.807, 2.05) is 72.5 Å². The molecule has 1 aromatic rings. The number of aliphatic hydroxyl groups excluding tert-OH is 1. The number of methoxy groups -OCH3 is 1. The molecule has 4 N–H and O–H groups in total. The van der Waals surface area contributed by atoms with Gasteiger partial charge in [0, 0.05) is 52.8 Å². The molecule has 0 spiro atoms. The molecule has 3 saturated heterocycles. The van der Waals surface area contributed by atoms with Crippen LogP contribution in [0.2, 0.25) is 0 Å². The van der Waals surface area contributed by atoms with Gasteiger partial charge in [0.25, 0.3) is 0 Å². The second-order valence-electron chi connectivity index (χ2n) is 24.7. The molecule has 3 aliphatic rings. The van der Waals surface area contributed by atoms with Crippen molar-refractivity contribution in [1.82, 2.24) is 15.1 Å². The topological polar surface area (TPSA) is 195 Å². The first-order valence-electron chi connectivity index (χ1n) is 28.7. The number of unbranched alkanes of at least 4 members (excludes halogenated alkanes) is 7. The Hall–Kier alpha value is -2.50. The quantitative estimate of drug-likeness (QED) is 0.0422. The average Bonchev–Trinajstić information content (AvgIpc) is 3.34. The second-order valence-corrected chi connectivity index (χ2v) is 29.0. The van der Waals surface area contributed by atoms with Crippen molar-refractivity contribution in [2.45, 2.75) is 237 Å². The first-order valence-corrected chi connectivity index (χ1v) is 31.6. The lowest BCUT2D eigenvalue weighted by atomic mass is 9.68. The summed E-state index contributed by atoms with van der Waals surface area (Å²) in [6, 6.07) is 10.0. The number of nitrogens with zero attached hydrogens (tertiary/aromatic N) is 2. The number of carbonyl (C=O) groups excluding carboxylic acids is 3. The third-order valence-electron chi connectivity index (χ3n) is 17.4. The van der Waals surface area contributed by atoms with Crippen LogP contribution in [0.1, 0.15) is 153 Å². The standard InChI is InChI=1S/C59H104N3O13P/c1-18-48-59(11,68)53(75-56(66)60-32-28-23-21-19-20-22-24-29-33-76(16,17)45-30-26-25-27-31-45)42(6)62(14)37-38(2)35-57(9,67)52(74-55-50(72-44(8)63)46(61(12)13)34-39(3)70-55)40(4)49(41(5)54(65)73-48)47-36-58(10,69-15)51(64)43(7)71-47/h25-27,30-31,38-43,46-53,55,64,67-68H,18-24,28-29,32-37H2,1-17H3/p+1/t38-,39-,40+,41-,42-,43+,46+,47?,48-,49+,50-,51+,52-,53-,55+,57-,58-,59-/m1/s1. The van der Waals surface area contributed by atoms with Gasteiger partial charge < -0.3 is 58.7 Å². The van der Waals surface area contributed by atoms with Crippen molar-refractivity contribution in [3.05, 3.63) is 30.3 Å². The number of alkyl carbamates (subject to hydrolysis) is 1. The highest BCUT2D eigenvalue weighted by atomic mass is 31.2. The molecular formula is C59H105N3O13P+. The molecular weight excluding hydrogens is 990 g/mol. The van der Waals surface area contributed by atoms with Crippen molar-refractivity contribution >= 4 is 30.6 Å². The zero-order valence-corrected chi connectivity index (χ0v) is 50.8. The van der Waals surface area contributed by atoms with E-state index < -0.39 is 115 Å². The van der Waals surface area contributed by atoms with Crippen molar-refractivity contribution < 1.29 is 62.9 Å². The van der Waals surface area contributed by atoms with Gasteiger partial charge in [0.15, 0.2) is 18.5 Å². The maximum absolute atomic E-state index is 15.0. The number of ether oxygens (including phenoxy) is 7. The molecule has 1 amide bonds. The molecule has 3 fully saturated rings. The summed E-state index contributed by atoms with van der Waals surface area (Å²) in [4.78, 5) is 45.5. The van der Waals surface area contributed by atoms with Crippen LogP contribution >= 0.6 is 7.26 Å². The molecule has 1 aromatic carbocycles. The van der Waals surface area contributed by atoms with Crippen LogP contribution in [0, 0.1) is 23.7 Å². The number of aliphatic hydroxyl groups is 3. The number of rotatable bonds is 20. The molecule has 4 rings (SSSR count). The zero-order valence-electron chi connectivity index (χ0n) is 49.9. The summed E-state index contributed by atoms with van der Waals surface area (Å²) in [6.45, 7) is 25.2. The van der Waals surface area contributed by atoms with E-state index in [0.29, 0.717) is 19.5 Å². The van der Waals surface area contributed by atoms with Crippen LogP contribution in [0.3, 0.4) is 0 Å². The fourth-order valence-corrected chi connectivity index (χ4v) is 15.0. The van der Waals surface area contributed by atoms with Crippen molar-refractivity contribution in [2.24, 2.45) is 23.7 Å². The molecule has 3 heterocycles. The highest BCUT2D eigenvalue weighted by Gasteiger charge is 2.56. The summed E-state index contributed by atoms with van der Waals surface area (Å²) in [6.07, 6.45) is 2.64. The average molecular weight is 1100 g/mol. The van der Waals surface area contributed by atoms with Gasteiger partial charge in [-0.1, -0.05) is 78.0 Å². The zero-order chi connectivity index (χ0) is 56.9. The van der Waals surface area contributed by atoms with Crippen LogP contribution in [0.15, 0.2) is 30.3 Å². The van der Waals surface area contributed by atoms with Gasteiger partial charge in [0.1, 0.15) is 17.8 Å². The van der Waals surface area contributed by atoms with E-state index in [0.717, 1.165) is 25.7 Å². The van der Waals surface area contributed by atoms with E-state index in [2.05, 4.69) is 49.0 Å². The number of amides is 1. The van der Waals surface area contributed by atoms with E-state index in [-0.39, 0.29) is 37.3 Å². The smallest absolute Gasteiger partial charge is 0.407 e. The Bertz CT molecular complexity index is 1930. The number of hydrogen-bond donors (Lipinski definition) is 4. The lowest BCUT2D eigenvalue weighted by Crippen LogP contribution is -2.62. The van der Waals surface area contributed by atoms with Gasteiger partial charge in [-0.3, -0.25) is 14.5 Å². The predicted molar refractivity (Wildman–Crippen MR) is 301 cm³/mol. The third kappa shape index (κ3) is 17.7. The Morgan fingerprint density at radius 3 is 2.07 bits per heavy atom. The first-order chi connectivity index (χ1) is 35.5. The Morgan fingerprint density at radius 1 is 0.882 bits per heavy atom. The molecule has 438 valence electrons. The minimum Gasteiger partial charge on any atom is -0.459 e. The van der Waals surface area contributed by atoms with Gasteiger partial charge in [-0.25, -0.2) is 4.79 Å². The Morgan fingerprint density at radius 2 is 1.49 bits per heavy atom. The van der Waals surface area contributed by atoms with Crippen LogP contribution in [0.4, 0.5) is 4.79 Å². The number of carbonyl (C=O) groups is 3. The first kappa shape index (κ1) is 66.0. The number of hydrogen-bond acceptors (Lipinski definition) is 15. The van der Waals surface area contributed by atoms with Crippen molar-refractivity contribution in [3.8, 4) is 0 Å². The molecule has 0 aliphatic carbocycles. The monoisotopic (exact) mass is 1090 g/mol. The van der Waals surface area contributed by atoms with Gasteiger partial charge in [-0.15, -0.1) is 0 Å². The lowest BCUT2D eigenvalue weighted by molar-refractivity contribution is -0.304. The van der Waals surface area contributed by atoms with Gasteiger partial charge >= 0.3 is 18.0 Å². The molecule has 3 aliphatic heterocycles. The van der Waals surface area contributed by atoms with Gasteiger partial charge in [-0.05, 0) is 125 Å². The van der Waals surface area contributed by atoms with Gasteiger partial charge in [0.2, 0.25) is 0 Å². The number of esters is 2. The molecule has 76 heavy (non-hydrogen) atoms. The van der Waals surface area contributed by atoms with E-state index in [1.54, 1.807) is 27.7 Å². The van der Waals surface area contributed by atoms with Crippen LogP contribution in [0.25, 0.3) is 0 Å². The Kier molecular flexibility index (Phi) is 25.4.